The summed E-state index contributed by atoms with van der Waals surface area (Å²) in [6, 6.07) is 14.9. The minimum absolute atomic E-state index is 0.131. The molecule has 2 N–H and O–H groups in total. The first-order chi connectivity index (χ1) is 15.7. The van der Waals surface area contributed by atoms with E-state index in [4.69, 9.17) is 9.47 Å². The predicted molar refractivity (Wildman–Crippen MR) is 125 cm³/mol. The fourth-order valence-corrected chi connectivity index (χ4v) is 3.87. The van der Waals surface area contributed by atoms with Crippen molar-refractivity contribution in [3.63, 3.8) is 0 Å². The molecule has 0 aromatic heterocycles. The number of hydrogen-bond donors (Lipinski definition) is 2. The van der Waals surface area contributed by atoms with E-state index in [9.17, 15) is 14.0 Å². The molecule has 4 rings (SSSR count). The summed E-state index contributed by atoms with van der Waals surface area (Å²) in [7, 11) is 1.50. The molecule has 0 bridgehead atoms. The molecule has 1 aliphatic heterocycles. The van der Waals surface area contributed by atoms with Crippen LogP contribution in [0.4, 0.5) is 15.8 Å². The van der Waals surface area contributed by atoms with Gasteiger partial charge in [0.05, 0.1) is 24.0 Å². The van der Waals surface area contributed by atoms with E-state index in [0.717, 1.165) is 5.56 Å². The molecule has 1 amide bonds. The van der Waals surface area contributed by atoms with E-state index < -0.39 is 17.3 Å². The van der Waals surface area contributed by atoms with Crippen LogP contribution in [0.2, 0.25) is 0 Å². The molecule has 0 saturated carbocycles. The number of amides is 1. The number of carbonyl (C=O) groups is 2. The number of ether oxygens (including phenoxy) is 2. The van der Waals surface area contributed by atoms with Crippen molar-refractivity contribution in [3.8, 4) is 16.9 Å². The SMILES string of the molecule is COc1ccc(F)cc1-c1ccc2c(c1COC(=O)c1ccccc1C)NC(=O)C(C)(C)N2. The van der Waals surface area contributed by atoms with Gasteiger partial charge in [-0.2, -0.15) is 0 Å². The first-order valence-electron chi connectivity index (χ1n) is 10.5. The number of rotatable bonds is 5. The highest BCUT2D eigenvalue weighted by atomic mass is 19.1. The zero-order valence-electron chi connectivity index (χ0n) is 18.9. The Kier molecular flexibility index (Phi) is 5.80. The lowest BCUT2D eigenvalue weighted by Gasteiger charge is -2.34. The van der Waals surface area contributed by atoms with Gasteiger partial charge in [0, 0.05) is 11.1 Å². The second kappa shape index (κ2) is 8.58. The number of fused-ring (bicyclic) bond motifs is 1. The number of benzene rings is 3. The average Bonchev–Trinajstić information content (AvgIpc) is 2.78. The fraction of sp³-hybridized carbons (Fsp3) is 0.231. The normalized spacial score (nSPS) is 14.0. The summed E-state index contributed by atoms with van der Waals surface area (Å²) in [6.45, 7) is 5.24. The first-order valence-corrected chi connectivity index (χ1v) is 10.5. The van der Waals surface area contributed by atoms with E-state index in [1.165, 1.54) is 25.3 Å². The zero-order chi connectivity index (χ0) is 23.8. The Hall–Kier alpha value is -3.87. The lowest BCUT2D eigenvalue weighted by Crippen LogP contribution is -2.47. The van der Waals surface area contributed by atoms with Gasteiger partial charge in [0.2, 0.25) is 5.91 Å². The van der Waals surface area contributed by atoms with Gasteiger partial charge in [-0.1, -0.05) is 24.3 Å². The Morgan fingerprint density at radius 1 is 1.06 bits per heavy atom. The summed E-state index contributed by atoms with van der Waals surface area (Å²) < 4.78 is 25.3. The molecule has 0 saturated heterocycles. The van der Waals surface area contributed by atoms with E-state index in [0.29, 0.717) is 39.4 Å². The second-order valence-electron chi connectivity index (χ2n) is 8.45. The lowest BCUT2D eigenvalue weighted by atomic mass is 9.92. The van der Waals surface area contributed by atoms with Crippen LogP contribution >= 0.6 is 0 Å². The Morgan fingerprint density at radius 2 is 1.82 bits per heavy atom. The monoisotopic (exact) mass is 448 g/mol. The molecule has 33 heavy (non-hydrogen) atoms. The van der Waals surface area contributed by atoms with Gasteiger partial charge in [-0.25, -0.2) is 9.18 Å². The van der Waals surface area contributed by atoms with Crippen LogP contribution < -0.4 is 15.4 Å². The van der Waals surface area contributed by atoms with Crippen molar-refractivity contribution in [2.45, 2.75) is 32.9 Å². The topological polar surface area (TPSA) is 76.7 Å². The van der Waals surface area contributed by atoms with E-state index >= 15 is 0 Å². The fourth-order valence-electron chi connectivity index (χ4n) is 3.87. The van der Waals surface area contributed by atoms with Crippen LogP contribution in [0.1, 0.15) is 35.3 Å². The number of methoxy groups -OCH3 is 1. The third kappa shape index (κ3) is 4.26. The van der Waals surface area contributed by atoms with Gasteiger partial charge in [0.15, 0.2) is 0 Å². The molecule has 7 heteroatoms. The van der Waals surface area contributed by atoms with Crippen LogP contribution in [-0.2, 0) is 16.1 Å². The van der Waals surface area contributed by atoms with E-state index in [-0.39, 0.29) is 12.5 Å². The van der Waals surface area contributed by atoms with Crippen molar-refractivity contribution in [2.75, 3.05) is 17.7 Å². The van der Waals surface area contributed by atoms with E-state index in [1.807, 2.05) is 25.1 Å². The third-order valence-corrected chi connectivity index (χ3v) is 5.73. The molecular formula is C26H25FN2O4. The molecule has 1 aliphatic rings. The largest absolute Gasteiger partial charge is 0.496 e. The van der Waals surface area contributed by atoms with Crippen LogP contribution in [0.3, 0.4) is 0 Å². The van der Waals surface area contributed by atoms with E-state index in [1.54, 1.807) is 32.0 Å². The smallest absolute Gasteiger partial charge is 0.338 e. The number of hydrogen-bond acceptors (Lipinski definition) is 5. The Balaban J connectivity index is 1.81. The quantitative estimate of drug-likeness (QED) is 0.518. The van der Waals surface area contributed by atoms with Gasteiger partial charge in [0.1, 0.15) is 23.7 Å². The summed E-state index contributed by atoms with van der Waals surface area (Å²) in [5.41, 5.74) is 3.21. The van der Waals surface area contributed by atoms with Crippen molar-refractivity contribution in [3.05, 3.63) is 77.1 Å². The standard InChI is InChI=1S/C26H25FN2O4/c1-15-7-5-6-8-17(15)24(30)33-14-20-18(19-13-16(27)9-12-22(19)32-4)10-11-21-23(20)28-25(31)26(2,3)29-21/h5-13,29H,14H2,1-4H3,(H,28,31). The van der Waals surface area contributed by atoms with Crippen molar-refractivity contribution in [1.29, 1.82) is 0 Å². The highest BCUT2D eigenvalue weighted by Gasteiger charge is 2.35. The highest BCUT2D eigenvalue weighted by Crippen LogP contribution is 2.42. The van der Waals surface area contributed by atoms with E-state index in [2.05, 4.69) is 10.6 Å². The van der Waals surface area contributed by atoms with Gasteiger partial charge in [-0.3, -0.25) is 4.79 Å². The maximum atomic E-state index is 14.2. The molecule has 0 unspecified atom stereocenters. The second-order valence-corrected chi connectivity index (χ2v) is 8.45. The number of nitrogens with one attached hydrogen (secondary N) is 2. The molecule has 1 heterocycles. The summed E-state index contributed by atoms with van der Waals surface area (Å²) in [5, 5.41) is 6.14. The summed E-state index contributed by atoms with van der Waals surface area (Å²) in [6.07, 6.45) is 0. The van der Waals surface area contributed by atoms with Gasteiger partial charge < -0.3 is 20.1 Å². The molecule has 0 radical (unpaired) electrons. The zero-order valence-corrected chi connectivity index (χ0v) is 18.9. The summed E-state index contributed by atoms with van der Waals surface area (Å²) >= 11 is 0. The first kappa shape index (κ1) is 22.3. The Labute approximate surface area is 191 Å². The highest BCUT2D eigenvalue weighted by molar-refractivity contribution is 6.07. The van der Waals surface area contributed by atoms with Crippen molar-refractivity contribution < 1.29 is 23.5 Å². The molecule has 6 nitrogen and oxygen atoms in total. The number of aryl methyl sites for hydroxylation is 1. The molecule has 0 aliphatic carbocycles. The third-order valence-electron chi connectivity index (χ3n) is 5.73. The molecule has 3 aromatic rings. The number of carbonyl (C=O) groups excluding carboxylic acids is 2. The van der Waals surface area contributed by atoms with Crippen molar-refractivity contribution >= 4 is 23.3 Å². The van der Waals surface area contributed by atoms with Crippen LogP contribution in [0, 0.1) is 12.7 Å². The van der Waals surface area contributed by atoms with Crippen molar-refractivity contribution in [1.82, 2.24) is 0 Å². The minimum atomic E-state index is -0.819. The van der Waals surface area contributed by atoms with Crippen LogP contribution in [0.15, 0.2) is 54.6 Å². The molecule has 0 fully saturated rings. The Morgan fingerprint density at radius 3 is 2.55 bits per heavy atom. The summed E-state index contributed by atoms with van der Waals surface area (Å²) in [4.78, 5) is 25.5. The minimum Gasteiger partial charge on any atom is -0.496 e. The van der Waals surface area contributed by atoms with Gasteiger partial charge >= 0.3 is 5.97 Å². The number of halogens is 1. The lowest BCUT2D eigenvalue weighted by molar-refractivity contribution is -0.119. The van der Waals surface area contributed by atoms with Crippen LogP contribution in [0.25, 0.3) is 11.1 Å². The average molecular weight is 448 g/mol. The van der Waals surface area contributed by atoms with Gasteiger partial charge in [0.25, 0.3) is 0 Å². The van der Waals surface area contributed by atoms with Gasteiger partial charge in [-0.15, -0.1) is 0 Å². The molecular weight excluding hydrogens is 423 g/mol. The Bertz CT molecular complexity index is 1250. The predicted octanol–water partition coefficient (Wildman–Crippen LogP) is 5.31. The maximum absolute atomic E-state index is 14.2. The van der Waals surface area contributed by atoms with Crippen LogP contribution in [-0.4, -0.2) is 24.5 Å². The van der Waals surface area contributed by atoms with Gasteiger partial charge in [-0.05, 0) is 62.2 Å². The summed E-state index contributed by atoms with van der Waals surface area (Å²) in [5.74, 6) is -0.698. The van der Waals surface area contributed by atoms with Crippen molar-refractivity contribution in [2.24, 2.45) is 0 Å². The number of esters is 1. The number of anilines is 2. The molecule has 170 valence electrons. The van der Waals surface area contributed by atoms with Crippen LogP contribution in [0.5, 0.6) is 5.75 Å². The molecule has 3 aromatic carbocycles. The maximum Gasteiger partial charge on any atom is 0.338 e. The molecule has 0 spiro atoms. The molecule has 0 atom stereocenters.